The van der Waals surface area contributed by atoms with Crippen molar-refractivity contribution < 1.29 is 28.6 Å². The smallest absolute Gasteiger partial charge is 0.306 e. The van der Waals surface area contributed by atoms with Gasteiger partial charge in [0.2, 0.25) is 0 Å². The van der Waals surface area contributed by atoms with Gasteiger partial charge in [0.15, 0.2) is 0 Å². The van der Waals surface area contributed by atoms with Crippen molar-refractivity contribution in [2.45, 2.75) is 259 Å². The number of likely N-dealkylation sites (tertiary alicyclic amines) is 1. The van der Waals surface area contributed by atoms with Gasteiger partial charge in [-0.1, -0.05) is 135 Å². The number of piperidine rings is 1. The predicted octanol–water partition coefficient (Wildman–Crippen LogP) is 14.9. The average Bonchev–Trinajstić information content (AvgIpc) is 3.23. The van der Waals surface area contributed by atoms with Gasteiger partial charge in [0.05, 0.1) is 0 Å². The lowest BCUT2D eigenvalue weighted by Gasteiger charge is -2.26. The van der Waals surface area contributed by atoms with E-state index in [0.717, 1.165) is 129 Å². The summed E-state index contributed by atoms with van der Waals surface area (Å²) >= 11 is 0. The molecule has 0 atom stereocenters. The van der Waals surface area contributed by atoms with Crippen LogP contribution in [-0.4, -0.2) is 61.8 Å². The summed E-state index contributed by atoms with van der Waals surface area (Å²) in [6.45, 7) is 13.1. The molecule has 59 heavy (non-hydrogen) atoms. The lowest BCUT2D eigenvalue weighted by atomic mass is 10.0. The summed E-state index contributed by atoms with van der Waals surface area (Å²) in [6, 6.07) is 0. The Morgan fingerprint density at radius 2 is 0.814 bits per heavy atom. The van der Waals surface area contributed by atoms with Crippen LogP contribution in [0.4, 0.5) is 0 Å². The Hall–Kier alpha value is -2.15. The Balaban J connectivity index is 2.38. The number of rotatable bonds is 41. The molecular formula is C52H95NO6. The maximum absolute atomic E-state index is 12.9. The Morgan fingerprint density at radius 1 is 0.441 bits per heavy atom. The highest BCUT2D eigenvalue weighted by Gasteiger charge is 2.16. The zero-order valence-corrected chi connectivity index (χ0v) is 39.4. The van der Waals surface area contributed by atoms with Gasteiger partial charge >= 0.3 is 17.9 Å². The summed E-state index contributed by atoms with van der Waals surface area (Å²) in [5.74, 6) is -0.207. The van der Waals surface area contributed by atoms with E-state index in [1.54, 1.807) is 0 Å². The monoisotopic (exact) mass is 830 g/mol. The molecule has 1 heterocycles. The minimum absolute atomic E-state index is 0.0220. The molecule has 7 heteroatoms. The van der Waals surface area contributed by atoms with Gasteiger partial charge in [0.1, 0.15) is 19.3 Å². The van der Waals surface area contributed by atoms with E-state index in [9.17, 15) is 14.4 Å². The second-order valence-electron chi connectivity index (χ2n) is 17.6. The number of allylic oxidation sites excluding steroid dienone is 2. The van der Waals surface area contributed by atoms with Crippen molar-refractivity contribution in [3.05, 3.63) is 23.3 Å². The SMILES string of the molecule is CCCCCC(=CCOC(=O)CCCCCCCC(CCCCCCCC(=O)OCC=C(CCCCC)CCCCC)OC(=O)CCCN1CCCCC1)CCCCC. The van der Waals surface area contributed by atoms with E-state index < -0.39 is 0 Å². The number of esters is 3. The predicted molar refractivity (Wildman–Crippen MR) is 249 cm³/mol. The third kappa shape index (κ3) is 35.2. The topological polar surface area (TPSA) is 82.1 Å². The molecule has 0 radical (unpaired) electrons. The van der Waals surface area contributed by atoms with Crippen LogP contribution in [0.1, 0.15) is 252 Å². The highest BCUT2D eigenvalue weighted by Crippen LogP contribution is 2.20. The highest BCUT2D eigenvalue weighted by atomic mass is 16.5. The molecule has 0 aromatic heterocycles. The zero-order valence-electron chi connectivity index (χ0n) is 39.4. The molecule has 0 N–H and O–H groups in total. The van der Waals surface area contributed by atoms with E-state index >= 15 is 0 Å². The molecule has 1 fully saturated rings. The first-order valence-electron chi connectivity index (χ1n) is 25.5. The van der Waals surface area contributed by atoms with Crippen LogP contribution < -0.4 is 0 Å². The largest absolute Gasteiger partial charge is 0.462 e. The maximum Gasteiger partial charge on any atom is 0.306 e. The van der Waals surface area contributed by atoms with E-state index in [1.807, 2.05) is 0 Å². The molecule has 0 amide bonds. The Kier molecular flexibility index (Phi) is 38.3. The maximum atomic E-state index is 12.9. The van der Waals surface area contributed by atoms with Crippen molar-refractivity contribution in [3.8, 4) is 0 Å². The van der Waals surface area contributed by atoms with Gasteiger partial charge in [0, 0.05) is 19.3 Å². The van der Waals surface area contributed by atoms with Gasteiger partial charge in [-0.2, -0.15) is 0 Å². The fourth-order valence-corrected chi connectivity index (χ4v) is 8.20. The molecule has 0 bridgehead atoms. The molecule has 1 aliphatic heterocycles. The van der Waals surface area contributed by atoms with Crippen LogP contribution in [-0.2, 0) is 28.6 Å². The van der Waals surface area contributed by atoms with Crippen molar-refractivity contribution in [2.75, 3.05) is 32.8 Å². The number of hydrogen-bond donors (Lipinski definition) is 0. The standard InChI is InChI=1S/C52H95NO6/c1-5-9-20-31-47(32-21-10-6-2)40-45-57-50(54)37-26-17-13-15-24-35-49(59-52(56)39-30-44-53-42-28-19-29-43-53)36-25-16-14-18-27-38-51(55)58-46-41-48(33-22-11-7-3)34-23-12-8-4/h40-41,49H,5-39,42-46H2,1-4H3. The van der Waals surface area contributed by atoms with Crippen LogP contribution in [0.25, 0.3) is 0 Å². The average molecular weight is 830 g/mol. The van der Waals surface area contributed by atoms with E-state index in [-0.39, 0.29) is 24.0 Å². The summed E-state index contributed by atoms with van der Waals surface area (Å²) in [7, 11) is 0. The van der Waals surface area contributed by atoms with Crippen molar-refractivity contribution >= 4 is 17.9 Å². The van der Waals surface area contributed by atoms with Gasteiger partial charge in [-0.3, -0.25) is 14.4 Å². The summed E-state index contributed by atoms with van der Waals surface area (Å²) in [6.07, 6.45) is 41.9. The van der Waals surface area contributed by atoms with Crippen LogP contribution >= 0.6 is 0 Å². The molecule has 0 unspecified atom stereocenters. The van der Waals surface area contributed by atoms with E-state index in [1.165, 1.54) is 107 Å². The van der Waals surface area contributed by atoms with E-state index in [2.05, 4.69) is 44.7 Å². The van der Waals surface area contributed by atoms with Gasteiger partial charge in [-0.05, 0) is 141 Å². The minimum Gasteiger partial charge on any atom is -0.462 e. The molecule has 0 spiro atoms. The van der Waals surface area contributed by atoms with Gasteiger partial charge in [0.25, 0.3) is 0 Å². The zero-order chi connectivity index (χ0) is 42.9. The number of carbonyl (C=O) groups excluding carboxylic acids is 3. The van der Waals surface area contributed by atoms with Crippen LogP contribution in [0.3, 0.4) is 0 Å². The van der Waals surface area contributed by atoms with Crippen LogP contribution in [0, 0.1) is 0 Å². The van der Waals surface area contributed by atoms with Crippen molar-refractivity contribution in [1.29, 1.82) is 0 Å². The Bertz CT molecular complexity index is 975. The number of carbonyl (C=O) groups is 3. The first-order valence-corrected chi connectivity index (χ1v) is 25.5. The fraction of sp³-hybridized carbons (Fsp3) is 0.865. The Morgan fingerprint density at radius 3 is 1.24 bits per heavy atom. The lowest BCUT2D eigenvalue weighted by Crippen LogP contribution is -2.31. The van der Waals surface area contributed by atoms with Gasteiger partial charge in [-0.15, -0.1) is 0 Å². The molecule has 344 valence electrons. The quantitative estimate of drug-likeness (QED) is 0.0263. The van der Waals surface area contributed by atoms with Gasteiger partial charge in [-0.25, -0.2) is 0 Å². The molecule has 1 aliphatic rings. The van der Waals surface area contributed by atoms with Crippen LogP contribution in [0.5, 0.6) is 0 Å². The molecule has 1 saturated heterocycles. The van der Waals surface area contributed by atoms with Crippen molar-refractivity contribution in [1.82, 2.24) is 4.90 Å². The number of nitrogens with zero attached hydrogens (tertiary/aromatic N) is 1. The molecule has 1 rings (SSSR count). The molecule has 0 aromatic carbocycles. The molecule has 0 aliphatic carbocycles. The van der Waals surface area contributed by atoms with Crippen molar-refractivity contribution in [3.63, 3.8) is 0 Å². The molecular weight excluding hydrogens is 735 g/mol. The third-order valence-corrected chi connectivity index (χ3v) is 12.1. The van der Waals surface area contributed by atoms with Crippen molar-refractivity contribution in [2.24, 2.45) is 0 Å². The second kappa shape index (κ2) is 41.2. The fourth-order valence-electron chi connectivity index (χ4n) is 8.20. The van der Waals surface area contributed by atoms with E-state index in [0.29, 0.717) is 32.5 Å². The highest BCUT2D eigenvalue weighted by molar-refractivity contribution is 5.70. The third-order valence-electron chi connectivity index (χ3n) is 12.1. The summed E-state index contributed by atoms with van der Waals surface area (Å²) < 4.78 is 17.2. The first kappa shape index (κ1) is 54.9. The summed E-state index contributed by atoms with van der Waals surface area (Å²) in [4.78, 5) is 40.2. The van der Waals surface area contributed by atoms with E-state index in [4.69, 9.17) is 14.2 Å². The summed E-state index contributed by atoms with van der Waals surface area (Å²) in [5, 5.41) is 0. The Labute approximate surface area is 365 Å². The molecule has 0 saturated carbocycles. The molecule has 0 aromatic rings. The normalized spacial score (nSPS) is 13.0. The minimum atomic E-state index is -0.0811. The first-order chi connectivity index (χ1) is 28.9. The van der Waals surface area contributed by atoms with Crippen LogP contribution in [0.15, 0.2) is 23.3 Å². The number of ether oxygens (including phenoxy) is 3. The second-order valence-corrected chi connectivity index (χ2v) is 17.6. The van der Waals surface area contributed by atoms with Gasteiger partial charge < -0.3 is 19.1 Å². The number of unbranched alkanes of at least 4 members (excludes halogenated alkanes) is 16. The number of hydrogen-bond acceptors (Lipinski definition) is 7. The molecule has 7 nitrogen and oxygen atoms in total. The van der Waals surface area contributed by atoms with Crippen LogP contribution in [0.2, 0.25) is 0 Å². The lowest BCUT2D eigenvalue weighted by molar-refractivity contribution is -0.150. The summed E-state index contributed by atoms with van der Waals surface area (Å²) in [5.41, 5.74) is 2.91.